The van der Waals surface area contributed by atoms with Crippen molar-refractivity contribution in [1.29, 1.82) is 0 Å². The quantitative estimate of drug-likeness (QED) is 0.622. The zero-order valence-corrected chi connectivity index (χ0v) is 10.9. The van der Waals surface area contributed by atoms with E-state index in [1.54, 1.807) is 12.1 Å². The summed E-state index contributed by atoms with van der Waals surface area (Å²) in [7, 11) is 1.31. The molecule has 2 heterocycles. The third-order valence-electron chi connectivity index (χ3n) is 2.96. The molecule has 7 nitrogen and oxygen atoms in total. The summed E-state index contributed by atoms with van der Waals surface area (Å²) in [6, 6.07) is 3.15. The van der Waals surface area contributed by atoms with Gasteiger partial charge in [0, 0.05) is 12.7 Å². The number of aliphatic hydroxyl groups excluding tert-OH is 3. The molecule has 0 bridgehead atoms. The van der Waals surface area contributed by atoms with Crippen LogP contribution in [0, 0.1) is 0 Å². The van der Waals surface area contributed by atoms with Crippen molar-refractivity contribution in [3.8, 4) is 0 Å². The van der Waals surface area contributed by atoms with Crippen LogP contribution < -0.4 is 0 Å². The molecule has 1 aromatic rings. The molecule has 2 rings (SSSR count). The van der Waals surface area contributed by atoms with Crippen LogP contribution in [0.1, 0.15) is 11.5 Å². The summed E-state index contributed by atoms with van der Waals surface area (Å²) in [5.41, 5.74) is 0.150. The molecule has 0 amide bonds. The van der Waals surface area contributed by atoms with Crippen molar-refractivity contribution in [3.05, 3.63) is 29.2 Å². The van der Waals surface area contributed by atoms with Gasteiger partial charge in [-0.2, -0.15) is 0 Å². The molecule has 7 heteroatoms. The van der Waals surface area contributed by atoms with Crippen molar-refractivity contribution in [3.63, 3.8) is 0 Å². The lowest BCUT2D eigenvalue weighted by Gasteiger charge is -2.16. The zero-order valence-electron chi connectivity index (χ0n) is 10.9. The first kappa shape index (κ1) is 14.9. The SMILES string of the molecule is CO[C@H]1O[C@@H]([C@H](O)CO)C(=Cc2ccc(CO)o2)C1=O. The fraction of sp³-hybridized carbons (Fsp3) is 0.462. The second kappa shape index (κ2) is 6.29. The average Bonchev–Trinajstić information content (AvgIpc) is 3.04. The number of hydrogen-bond acceptors (Lipinski definition) is 7. The maximum absolute atomic E-state index is 12.0. The molecule has 3 N–H and O–H groups in total. The summed E-state index contributed by atoms with van der Waals surface area (Å²) in [6.07, 6.45) is -1.93. The summed E-state index contributed by atoms with van der Waals surface area (Å²) in [5, 5.41) is 27.6. The van der Waals surface area contributed by atoms with E-state index in [2.05, 4.69) is 0 Å². The molecular weight excluding hydrogens is 268 g/mol. The molecule has 20 heavy (non-hydrogen) atoms. The summed E-state index contributed by atoms with van der Waals surface area (Å²) >= 11 is 0. The van der Waals surface area contributed by atoms with Gasteiger partial charge in [-0.15, -0.1) is 0 Å². The number of hydrogen-bond donors (Lipinski definition) is 3. The van der Waals surface area contributed by atoms with Gasteiger partial charge >= 0.3 is 0 Å². The molecule has 1 aliphatic heterocycles. The predicted octanol–water partition coefficient (Wildman–Crippen LogP) is -0.551. The van der Waals surface area contributed by atoms with Crippen LogP contribution in [-0.2, 0) is 20.9 Å². The number of rotatable bonds is 5. The number of furan rings is 1. The van der Waals surface area contributed by atoms with Crippen LogP contribution in [0.25, 0.3) is 6.08 Å². The van der Waals surface area contributed by atoms with Gasteiger partial charge in [0.25, 0.3) is 0 Å². The van der Waals surface area contributed by atoms with E-state index in [9.17, 15) is 9.90 Å². The van der Waals surface area contributed by atoms with E-state index in [0.29, 0.717) is 11.5 Å². The van der Waals surface area contributed by atoms with E-state index in [0.717, 1.165) is 0 Å². The maximum atomic E-state index is 12.0. The highest BCUT2D eigenvalue weighted by Crippen LogP contribution is 2.28. The van der Waals surface area contributed by atoms with Crippen LogP contribution in [0.2, 0.25) is 0 Å². The van der Waals surface area contributed by atoms with Crippen LogP contribution >= 0.6 is 0 Å². The van der Waals surface area contributed by atoms with Crippen molar-refractivity contribution >= 4 is 11.9 Å². The summed E-state index contributed by atoms with van der Waals surface area (Å²) in [4.78, 5) is 12.0. The number of aliphatic hydroxyl groups is 3. The minimum atomic E-state index is -1.24. The minimum absolute atomic E-state index is 0.150. The highest BCUT2D eigenvalue weighted by molar-refractivity contribution is 6.04. The fourth-order valence-corrected chi connectivity index (χ4v) is 1.96. The first-order chi connectivity index (χ1) is 9.60. The Morgan fingerprint density at radius 2 is 2.20 bits per heavy atom. The van der Waals surface area contributed by atoms with E-state index in [4.69, 9.17) is 24.1 Å². The Morgan fingerprint density at radius 3 is 2.75 bits per heavy atom. The van der Waals surface area contributed by atoms with Gasteiger partial charge in [0.05, 0.1) is 6.61 Å². The standard InChI is InChI=1S/C13H16O7/c1-18-13-11(17)9(12(20-13)10(16)6-15)4-7-2-3-8(5-14)19-7/h2-4,10,12-16H,5-6H2,1H3/t10-,12-,13+/m1/s1. The molecule has 0 aromatic carbocycles. The van der Waals surface area contributed by atoms with Crippen LogP contribution in [-0.4, -0.2) is 53.3 Å². The lowest BCUT2D eigenvalue weighted by atomic mass is 10.0. The number of ketones is 1. The predicted molar refractivity (Wildman–Crippen MR) is 66.4 cm³/mol. The van der Waals surface area contributed by atoms with Gasteiger partial charge in [0.1, 0.15) is 30.3 Å². The number of Topliss-reactive ketones (excluding diaryl/α,β-unsaturated/α-hetero) is 1. The lowest BCUT2D eigenvalue weighted by Crippen LogP contribution is -2.31. The fourth-order valence-electron chi connectivity index (χ4n) is 1.96. The number of carbonyl (C=O) groups excluding carboxylic acids is 1. The van der Waals surface area contributed by atoms with Crippen LogP contribution in [0.15, 0.2) is 22.1 Å². The highest BCUT2D eigenvalue weighted by atomic mass is 16.7. The summed E-state index contributed by atoms with van der Waals surface area (Å²) < 4.78 is 15.4. The molecule has 110 valence electrons. The van der Waals surface area contributed by atoms with Crippen molar-refractivity contribution in [2.45, 2.75) is 25.1 Å². The third-order valence-corrected chi connectivity index (χ3v) is 2.96. The number of methoxy groups -OCH3 is 1. The van der Waals surface area contributed by atoms with E-state index in [-0.39, 0.29) is 12.2 Å². The molecule has 0 unspecified atom stereocenters. The second-order valence-corrected chi connectivity index (χ2v) is 4.30. The Balaban J connectivity index is 2.31. The Labute approximate surface area is 115 Å². The topological polar surface area (TPSA) is 109 Å². The molecule has 1 aliphatic rings. The van der Waals surface area contributed by atoms with Crippen molar-refractivity contribution in [2.24, 2.45) is 0 Å². The van der Waals surface area contributed by atoms with Crippen molar-refractivity contribution < 1.29 is 34.0 Å². The van der Waals surface area contributed by atoms with Crippen molar-refractivity contribution in [1.82, 2.24) is 0 Å². The normalized spacial score (nSPS) is 26.4. The minimum Gasteiger partial charge on any atom is -0.459 e. The lowest BCUT2D eigenvalue weighted by molar-refractivity contribution is -0.159. The van der Waals surface area contributed by atoms with Gasteiger partial charge in [-0.05, 0) is 18.2 Å². The van der Waals surface area contributed by atoms with Gasteiger partial charge in [-0.3, -0.25) is 4.79 Å². The largest absolute Gasteiger partial charge is 0.459 e. The average molecular weight is 284 g/mol. The Hall–Kier alpha value is -1.51. The molecule has 0 spiro atoms. The van der Waals surface area contributed by atoms with Gasteiger partial charge in [-0.1, -0.05) is 0 Å². The van der Waals surface area contributed by atoms with E-state index in [1.165, 1.54) is 13.2 Å². The molecule has 0 saturated carbocycles. The maximum Gasteiger partial charge on any atom is 0.222 e. The van der Waals surface area contributed by atoms with Crippen LogP contribution in [0.4, 0.5) is 0 Å². The Morgan fingerprint density at radius 1 is 1.45 bits per heavy atom. The van der Waals surface area contributed by atoms with Gasteiger partial charge < -0.3 is 29.2 Å². The molecular formula is C13H16O7. The first-order valence-electron chi connectivity index (χ1n) is 6.03. The molecule has 1 aromatic heterocycles. The van der Waals surface area contributed by atoms with Crippen molar-refractivity contribution in [2.75, 3.05) is 13.7 Å². The zero-order chi connectivity index (χ0) is 14.7. The highest BCUT2D eigenvalue weighted by Gasteiger charge is 2.42. The van der Waals surface area contributed by atoms with Gasteiger partial charge in [-0.25, -0.2) is 0 Å². The molecule has 3 atom stereocenters. The third kappa shape index (κ3) is 2.82. The molecule has 0 radical (unpaired) electrons. The summed E-state index contributed by atoms with van der Waals surface area (Å²) in [5.74, 6) is 0.255. The Kier molecular flexibility index (Phi) is 4.69. The van der Waals surface area contributed by atoms with Gasteiger partial charge in [0.15, 0.2) is 0 Å². The first-order valence-corrected chi connectivity index (χ1v) is 6.03. The van der Waals surface area contributed by atoms with Gasteiger partial charge in [0.2, 0.25) is 12.1 Å². The van der Waals surface area contributed by atoms with E-state index >= 15 is 0 Å². The molecule has 1 fully saturated rings. The van der Waals surface area contributed by atoms with E-state index in [1.807, 2.05) is 0 Å². The Bertz CT molecular complexity index is 505. The monoisotopic (exact) mass is 284 g/mol. The smallest absolute Gasteiger partial charge is 0.222 e. The van der Waals surface area contributed by atoms with Crippen LogP contribution in [0.3, 0.4) is 0 Å². The van der Waals surface area contributed by atoms with E-state index < -0.39 is 30.9 Å². The van der Waals surface area contributed by atoms with Crippen LogP contribution in [0.5, 0.6) is 0 Å². The molecule has 1 saturated heterocycles. The number of carbonyl (C=O) groups is 1. The summed E-state index contributed by atoms with van der Waals surface area (Å²) in [6.45, 7) is -0.803. The second-order valence-electron chi connectivity index (χ2n) is 4.30. The number of ether oxygens (including phenoxy) is 2. The molecule has 0 aliphatic carbocycles.